The lowest BCUT2D eigenvalue weighted by atomic mass is 10.1. The summed E-state index contributed by atoms with van der Waals surface area (Å²) in [6.07, 6.45) is 4.57. The molecule has 2 N–H and O–H groups in total. The van der Waals surface area contributed by atoms with Gasteiger partial charge in [0.15, 0.2) is 6.23 Å². The lowest BCUT2D eigenvalue weighted by Gasteiger charge is -2.24. The second-order valence-corrected chi connectivity index (χ2v) is 6.88. The summed E-state index contributed by atoms with van der Waals surface area (Å²) in [6.45, 7) is 0.390. The van der Waals surface area contributed by atoms with Crippen LogP contribution >= 0.6 is 27.5 Å². The molecule has 1 atom stereocenters. The van der Waals surface area contributed by atoms with E-state index >= 15 is 0 Å². The summed E-state index contributed by atoms with van der Waals surface area (Å²) in [5.74, 6) is 1.52. The molecule has 6 nitrogen and oxygen atoms in total. The number of rotatable bonds is 6. The number of nitrogens with zero attached hydrogens (tertiary/aromatic N) is 2. The molecule has 1 aliphatic heterocycles. The third-order valence-corrected chi connectivity index (χ3v) is 4.67. The largest absolute Gasteiger partial charge is 0.492 e. The van der Waals surface area contributed by atoms with Crippen molar-refractivity contribution in [2.45, 2.75) is 12.6 Å². The molecule has 2 aromatic rings. The second-order valence-electron chi connectivity index (χ2n) is 5.59. The summed E-state index contributed by atoms with van der Waals surface area (Å²) >= 11 is 9.40. The Labute approximate surface area is 169 Å². The average Bonchev–Trinajstić information content (AvgIpc) is 2.67. The van der Waals surface area contributed by atoms with Gasteiger partial charge in [0, 0.05) is 29.4 Å². The van der Waals surface area contributed by atoms with Crippen LogP contribution in [0.2, 0.25) is 5.02 Å². The van der Waals surface area contributed by atoms with Crippen LogP contribution in [0.3, 0.4) is 0 Å². The van der Waals surface area contributed by atoms with Gasteiger partial charge in [-0.05, 0) is 46.3 Å². The molecule has 2 heterocycles. The predicted octanol–water partition coefficient (Wildman–Crippen LogP) is 3.87. The average molecular weight is 449 g/mol. The topological polar surface area (TPSA) is 87.4 Å². The molecule has 0 fully saturated rings. The van der Waals surface area contributed by atoms with E-state index in [9.17, 15) is 5.11 Å². The minimum Gasteiger partial charge on any atom is -0.492 e. The first-order valence-electron chi connectivity index (χ1n) is 8.01. The first-order valence-corrected chi connectivity index (χ1v) is 9.18. The van der Waals surface area contributed by atoms with Crippen LogP contribution in [0.15, 0.2) is 64.7 Å². The Kier molecular flexibility index (Phi) is 6.35. The van der Waals surface area contributed by atoms with Gasteiger partial charge in [-0.1, -0.05) is 11.6 Å². The normalized spacial score (nSPS) is 16.2. The number of aromatic nitrogens is 1. The molecule has 1 aliphatic rings. The molecular weight excluding hydrogens is 434 g/mol. The van der Waals surface area contributed by atoms with Crippen molar-refractivity contribution in [1.29, 1.82) is 5.26 Å². The van der Waals surface area contributed by atoms with E-state index in [0.29, 0.717) is 45.4 Å². The maximum atomic E-state index is 10.0. The molecule has 0 saturated heterocycles. The molecule has 27 heavy (non-hydrogen) atoms. The van der Waals surface area contributed by atoms with Gasteiger partial charge in [0.2, 0.25) is 0 Å². The van der Waals surface area contributed by atoms with Crippen LogP contribution in [0.25, 0.3) is 0 Å². The second kappa shape index (κ2) is 8.91. The van der Waals surface area contributed by atoms with Gasteiger partial charge in [0.05, 0.1) is 28.9 Å². The predicted molar refractivity (Wildman–Crippen MR) is 104 cm³/mol. The van der Waals surface area contributed by atoms with Crippen LogP contribution in [-0.4, -0.2) is 22.9 Å². The van der Waals surface area contributed by atoms with E-state index in [1.54, 1.807) is 42.9 Å². The van der Waals surface area contributed by atoms with E-state index in [2.05, 4.69) is 26.2 Å². The maximum absolute atomic E-state index is 10.0. The van der Waals surface area contributed by atoms with Gasteiger partial charge in [-0.25, -0.2) is 0 Å². The number of dihydropyridines is 1. The fourth-order valence-corrected chi connectivity index (χ4v) is 3.10. The zero-order chi connectivity index (χ0) is 19.2. The highest BCUT2D eigenvalue weighted by molar-refractivity contribution is 9.11. The highest BCUT2D eigenvalue weighted by atomic mass is 79.9. The Bertz CT molecular complexity index is 926. The summed E-state index contributed by atoms with van der Waals surface area (Å²) in [4.78, 5) is 4.00. The van der Waals surface area contributed by atoms with Gasteiger partial charge in [0.1, 0.15) is 17.3 Å². The summed E-state index contributed by atoms with van der Waals surface area (Å²) in [7, 11) is 0. The van der Waals surface area contributed by atoms with Crippen molar-refractivity contribution in [3.05, 3.63) is 75.3 Å². The van der Waals surface area contributed by atoms with E-state index in [4.69, 9.17) is 26.3 Å². The Morgan fingerprint density at radius 3 is 2.93 bits per heavy atom. The number of aliphatic hydroxyl groups excluding tert-OH is 1. The fourth-order valence-electron chi connectivity index (χ4n) is 2.41. The molecule has 0 amide bonds. The number of ether oxygens (including phenoxy) is 2. The molecule has 0 bridgehead atoms. The maximum Gasteiger partial charge on any atom is 0.160 e. The van der Waals surface area contributed by atoms with Crippen LogP contribution in [0, 0.1) is 11.3 Å². The van der Waals surface area contributed by atoms with Crippen LogP contribution in [0.5, 0.6) is 11.5 Å². The van der Waals surface area contributed by atoms with Crippen molar-refractivity contribution in [2.24, 2.45) is 0 Å². The van der Waals surface area contributed by atoms with Crippen molar-refractivity contribution in [3.63, 3.8) is 0 Å². The smallest absolute Gasteiger partial charge is 0.160 e. The van der Waals surface area contributed by atoms with Gasteiger partial charge in [0.25, 0.3) is 0 Å². The third kappa shape index (κ3) is 5.01. The molecule has 3 rings (SSSR count). The molecule has 0 spiro atoms. The van der Waals surface area contributed by atoms with E-state index in [1.165, 1.54) is 0 Å². The van der Waals surface area contributed by atoms with E-state index in [1.807, 2.05) is 12.1 Å². The Balaban J connectivity index is 1.75. The minimum absolute atomic E-state index is 0.383. The Morgan fingerprint density at radius 2 is 2.19 bits per heavy atom. The molecule has 0 saturated carbocycles. The van der Waals surface area contributed by atoms with Crippen molar-refractivity contribution in [3.8, 4) is 17.6 Å². The summed E-state index contributed by atoms with van der Waals surface area (Å²) < 4.78 is 12.1. The number of benzene rings is 1. The molecule has 1 aromatic heterocycles. The zero-order valence-corrected chi connectivity index (χ0v) is 16.4. The van der Waals surface area contributed by atoms with Crippen LogP contribution in [-0.2, 0) is 0 Å². The number of allylic oxidation sites excluding steroid dienone is 1. The van der Waals surface area contributed by atoms with Crippen LogP contribution < -0.4 is 14.8 Å². The SMILES string of the molecule is N#Cc1cc(Cl)cc(OC2=C(Br)C(O)NC=C2CCOc2cccnc2)c1. The first kappa shape index (κ1) is 19.2. The van der Waals surface area contributed by atoms with Gasteiger partial charge in [-0.15, -0.1) is 0 Å². The van der Waals surface area contributed by atoms with E-state index in [-0.39, 0.29) is 0 Å². The highest BCUT2D eigenvalue weighted by Gasteiger charge is 2.23. The molecule has 0 aliphatic carbocycles. The summed E-state index contributed by atoms with van der Waals surface area (Å²) in [5.41, 5.74) is 1.17. The number of halogens is 2. The van der Waals surface area contributed by atoms with Gasteiger partial charge in [-0.2, -0.15) is 5.26 Å². The minimum atomic E-state index is -0.933. The molecular formula is C19H15BrClN3O3. The Hall–Kier alpha value is -2.53. The fraction of sp³-hybridized carbons (Fsp3) is 0.158. The monoisotopic (exact) mass is 447 g/mol. The third-order valence-electron chi connectivity index (χ3n) is 3.66. The van der Waals surface area contributed by atoms with Crippen LogP contribution in [0.4, 0.5) is 0 Å². The number of hydrogen-bond donors (Lipinski definition) is 2. The van der Waals surface area contributed by atoms with Crippen molar-refractivity contribution in [2.75, 3.05) is 6.61 Å². The van der Waals surface area contributed by atoms with Crippen molar-refractivity contribution < 1.29 is 14.6 Å². The lowest BCUT2D eigenvalue weighted by Crippen LogP contribution is -2.30. The van der Waals surface area contributed by atoms with Crippen LogP contribution in [0.1, 0.15) is 12.0 Å². The quantitative estimate of drug-likeness (QED) is 0.698. The molecule has 0 radical (unpaired) electrons. The number of hydrogen-bond acceptors (Lipinski definition) is 6. The highest BCUT2D eigenvalue weighted by Crippen LogP contribution is 2.31. The molecule has 8 heteroatoms. The van der Waals surface area contributed by atoms with Gasteiger partial charge < -0.3 is 19.9 Å². The number of aliphatic hydroxyl groups is 1. The zero-order valence-electron chi connectivity index (χ0n) is 14.0. The van der Waals surface area contributed by atoms with E-state index < -0.39 is 6.23 Å². The van der Waals surface area contributed by atoms with Gasteiger partial charge >= 0.3 is 0 Å². The number of pyridine rings is 1. The standard InChI is InChI=1S/C19H15BrClN3O3/c20-17-18(27-16-7-12(9-22)6-14(21)8-16)13(10-24-19(17)25)3-5-26-15-2-1-4-23-11-15/h1-2,4,6-8,10-11,19,24-25H,3,5H2. The first-order chi connectivity index (χ1) is 13.1. The number of nitrogens with one attached hydrogen (secondary N) is 1. The molecule has 1 aromatic carbocycles. The lowest BCUT2D eigenvalue weighted by molar-refractivity contribution is 0.189. The molecule has 1 unspecified atom stereocenters. The number of nitriles is 1. The van der Waals surface area contributed by atoms with Crippen molar-refractivity contribution >= 4 is 27.5 Å². The van der Waals surface area contributed by atoms with Crippen molar-refractivity contribution in [1.82, 2.24) is 10.3 Å². The Morgan fingerprint density at radius 1 is 1.33 bits per heavy atom. The summed E-state index contributed by atoms with van der Waals surface area (Å²) in [5, 5.41) is 22.4. The molecule has 138 valence electrons. The van der Waals surface area contributed by atoms with E-state index in [0.717, 1.165) is 5.57 Å². The summed E-state index contributed by atoms with van der Waals surface area (Å²) in [6, 6.07) is 10.4. The van der Waals surface area contributed by atoms with Gasteiger partial charge in [-0.3, -0.25) is 4.98 Å².